The van der Waals surface area contributed by atoms with E-state index < -0.39 is 24.3 Å². The van der Waals surface area contributed by atoms with Crippen LogP contribution in [0.4, 0.5) is 10.5 Å². The number of carbonyl (C=O) groups is 2. The van der Waals surface area contributed by atoms with Crippen molar-refractivity contribution in [1.82, 2.24) is 0 Å². The van der Waals surface area contributed by atoms with Crippen molar-refractivity contribution in [3.05, 3.63) is 109 Å². The SMILES string of the molecule is COc1ccc([C@@H](OC(=O)Nc2cccc3ccccc23)[C@@H](CC/C=C/C(=O)O)Oc2ccccc2)cc1O. The number of carboxylic acids is 1. The average Bonchev–Trinajstić information content (AvgIpc) is 2.94. The van der Waals surface area contributed by atoms with Crippen LogP contribution < -0.4 is 14.8 Å². The lowest BCUT2D eigenvalue weighted by molar-refractivity contribution is -0.131. The van der Waals surface area contributed by atoms with E-state index in [0.717, 1.165) is 16.8 Å². The molecular weight excluding hydrogens is 498 g/mol. The molecule has 0 aromatic heterocycles. The van der Waals surface area contributed by atoms with Crippen molar-refractivity contribution in [2.24, 2.45) is 0 Å². The molecule has 4 rings (SSSR count). The Morgan fingerprint density at radius 3 is 2.44 bits per heavy atom. The van der Waals surface area contributed by atoms with Crippen LogP contribution in [-0.4, -0.2) is 35.5 Å². The van der Waals surface area contributed by atoms with Gasteiger partial charge in [-0.3, -0.25) is 5.32 Å². The number of rotatable bonds is 11. The molecule has 0 fully saturated rings. The second-order valence-corrected chi connectivity index (χ2v) is 8.70. The average molecular weight is 528 g/mol. The number of hydrogen-bond donors (Lipinski definition) is 3. The van der Waals surface area contributed by atoms with E-state index in [-0.39, 0.29) is 11.5 Å². The van der Waals surface area contributed by atoms with Crippen molar-refractivity contribution >= 4 is 28.5 Å². The Hall–Kier alpha value is -4.98. The van der Waals surface area contributed by atoms with E-state index in [0.29, 0.717) is 29.8 Å². The van der Waals surface area contributed by atoms with Crippen molar-refractivity contribution < 1.29 is 34.0 Å². The van der Waals surface area contributed by atoms with Gasteiger partial charge in [-0.05, 0) is 48.6 Å². The Kier molecular flexibility index (Phi) is 9.03. The highest BCUT2D eigenvalue weighted by Gasteiger charge is 2.30. The zero-order chi connectivity index (χ0) is 27.6. The number of aliphatic carboxylic acids is 1. The molecule has 2 atom stereocenters. The van der Waals surface area contributed by atoms with Crippen LogP contribution in [0.15, 0.2) is 103 Å². The van der Waals surface area contributed by atoms with Gasteiger partial charge in [-0.2, -0.15) is 0 Å². The lowest BCUT2D eigenvalue weighted by atomic mass is 9.99. The number of carbonyl (C=O) groups excluding carboxylic acids is 1. The molecule has 0 saturated carbocycles. The van der Waals surface area contributed by atoms with Gasteiger partial charge < -0.3 is 24.4 Å². The molecule has 0 saturated heterocycles. The molecule has 0 aliphatic carbocycles. The van der Waals surface area contributed by atoms with Gasteiger partial charge in [-0.25, -0.2) is 9.59 Å². The van der Waals surface area contributed by atoms with Crippen molar-refractivity contribution in [3.8, 4) is 17.2 Å². The van der Waals surface area contributed by atoms with Gasteiger partial charge in [0.15, 0.2) is 17.6 Å². The molecule has 200 valence electrons. The van der Waals surface area contributed by atoms with Gasteiger partial charge >= 0.3 is 12.1 Å². The summed E-state index contributed by atoms with van der Waals surface area (Å²) in [5.41, 5.74) is 1.06. The van der Waals surface area contributed by atoms with E-state index in [4.69, 9.17) is 19.3 Å². The summed E-state index contributed by atoms with van der Waals surface area (Å²) in [4.78, 5) is 24.2. The standard InChI is InChI=1S/C31H29NO7/c1-37-27-19-18-22(20-26(27)33)30(28(16-7-8-17-29(34)35)38-23-12-3-2-4-13-23)39-31(36)32-25-15-9-11-21-10-5-6-14-24(21)25/h2-6,8-15,17-20,28,30,33H,7,16H2,1H3,(H,32,36)(H,34,35)/b17-8+/t28-,30-/m1/s1. The van der Waals surface area contributed by atoms with Gasteiger partial charge in [-0.1, -0.05) is 66.7 Å². The Labute approximate surface area is 226 Å². The normalized spacial score (nSPS) is 12.5. The third-order valence-electron chi connectivity index (χ3n) is 6.04. The number of carboxylic acid groups (broad SMARTS) is 1. The largest absolute Gasteiger partial charge is 0.504 e. The van der Waals surface area contributed by atoms with Gasteiger partial charge in [0.05, 0.1) is 12.8 Å². The maximum absolute atomic E-state index is 13.3. The van der Waals surface area contributed by atoms with Crippen molar-refractivity contribution in [1.29, 1.82) is 0 Å². The molecule has 0 spiro atoms. The Bertz CT molecular complexity index is 1450. The van der Waals surface area contributed by atoms with Crippen molar-refractivity contribution in [2.75, 3.05) is 12.4 Å². The first-order chi connectivity index (χ1) is 18.9. The zero-order valence-corrected chi connectivity index (χ0v) is 21.3. The zero-order valence-electron chi connectivity index (χ0n) is 21.3. The number of phenols is 1. The highest BCUT2D eigenvalue weighted by Crippen LogP contribution is 2.35. The predicted octanol–water partition coefficient (Wildman–Crippen LogP) is 6.71. The number of fused-ring (bicyclic) bond motifs is 1. The summed E-state index contributed by atoms with van der Waals surface area (Å²) in [5, 5.41) is 24.1. The van der Waals surface area contributed by atoms with Crippen LogP contribution in [0.5, 0.6) is 17.2 Å². The van der Waals surface area contributed by atoms with Gasteiger partial charge in [0.25, 0.3) is 0 Å². The molecule has 3 N–H and O–H groups in total. The number of para-hydroxylation sites is 1. The molecule has 0 aliphatic rings. The number of benzene rings is 4. The van der Waals surface area contributed by atoms with Crippen LogP contribution >= 0.6 is 0 Å². The molecular formula is C31H29NO7. The molecule has 0 radical (unpaired) electrons. The lowest BCUT2D eigenvalue weighted by Gasteiger charge is -2.28. The molecule has 0 bridgehead atoms. The summed E-state index contributed by atoms with van der Waals surface area (Å²) in [5.74, 6) is -0.367. The molecule has 39 heavy (non-hydrogen) atoms. The molecule has 8 heteroatoms. The minimum atomic E-state index is -1.06. The molecule has 0 unspecified atom stereocenters. The monoisotopic (exact) mass is 527 g/mol. The Morgan fingerprint density at radius 2 is 1.69 bits per heavy atom. The fourth-order valence-corrected chi connectivity index (χ4v) is 4.22. The smallest absolute Gasteiger partial charge is 0.412 e. The summed E-state index contributed by atoms with van der Waals surface area (Å²) in [7, 11) is 1.44. The van der Waals surface area contributed by atoms with Crippen molar-refractivity contribution in [2.45, 2.75) is 25.0 Å². The third-order valence-corrected chi connectivity index (χ3v) is 6.04. The minimum Gasteiger partial charge on any atom is -0.504 e. The number of allylic oxidation sites excluding steroid dienone is 1. The molecule has 8 nitrogen and oxygen atoms in total. The summed E-state index contributed by atoms with van der Waals surface area (Å²) in [6.07, 6.45) is 0.833. The summed E-state index contributed by atoms with van der Waals surface area (Å²) in [6.45, 7) is 0. The predicted molar refractivity (Wildman–Crippen MR) is 148 cm³/mol. The van der Waals surface area contributed by atoms with Crippen LogP contribution in [0.3, 0.4) is 0 Å². The van der Waals surface area contributed by atoms with Gasteiger partial charge in [-0.15, -0.1) is 0 Å². The van der Waals surface area contributed by atoms with E-state index in [1.807, 2.05) is 54.6 Å². The number of amides is 1. The van der Waals surface area contributed by atoms with Crippen LogP contribution in [0, 0.1) is 0 Å². The van der Waals surface area contributed by atoms with E-state index in [1.165, 1.54) is 19.3 Å². The summed E-state index contributed by atoms with van der Waals surface area (Å²) >= 11 is 0. The molecule has 4 aromatic carbocycles. The number of anilines is 1. The number of nitrogens with one attached hydrogen (secondary N) is 1. The van der Waals surface area contributed by atoms with E-state index in [2.05, 4.69) is 5.32 Å². The van der Waals surface area contributed by atoms with Crippen molar-refractivity contribution in [3.63, 3.8) is 0 Å². The van der Waals surface area contributed by atoms with Gasteiger partial charge in [0, 0.05) is 17.0 Å². The van der Waals surface area contributed by atoms with E-state index in [1.54, 1.807) is 30.3 Å². The van der Waals surface area contributed by atoms with Gasteiger partial charge in [0.1, 0.15) is 11.9 Å². The number of methoxy groups -OCH3 is 1. The van der Waals surface area contributed by atoms with Crippen LogP contribution in [0.1, 0.15) is 24.5 Å². The quantitative estimate of drug-likeness (QED) is 0.186. The molecule has 0 aliphatic heterocycles. The molecule has 1 amide bonds. The fourth-order valence-electron chi connectivity index (χ4n) is 4.22. The van der Waals surface area contributed by atoms with Gasteiger partial charge in [0.2, 0.25) is 0 Å². The number of hydrogen-bond acceptors (Lipinski definition) is 6. The minimum absolute atomic E-state index is 0.123. The third kappa shape index (κ3) is 7.29. The topological polar surface area (TPSA) is 114 Å². The number of ether oxygens (including phenoxy) is 3. The summed E-state index contributed by atoms with van der Waals surface area (Å²) < 4.78 is 17.4. The highest BCUT2D eigenvalue weighted by molar-refractivity contribution is 6.00. The highest BCUT2D eigenvalue weighted by atomic mass is 16.6. The second-order valence-electron chi connectivity index (χ2n) is 8.70. The first-order valence-electron chi connectivity index (χ1n) is 12.4. The number of phenolic OH excluding ortho intramolecular Hbond substituents is 1. The lowest BCUT2D eigenvalue weighted by Crippen LogP contribution is -2.31. The Morgan fingerprint density at radius 1 is 0.949 bits per heavy atom. The maximum Gasteiger partial charge on any atom is 0.412 e. The fraction of sp³-hybridized carbons (Fsp3) is 0.161. The summed E-state index contributed by atoms with van der Waals surface area (Å²) in [6, 6.07) is 27.0. The van der Waals surface area contributed by atoms with E-state index >= 15 is 0 Å². The van der Waals surface area contributed by atoms with Crippen LogP contribution in [0.25, 0.3) is 10.8 Å². The first-order valence-corrected chi connectivity index (χ1v) is 12.4. The maximum atomic E-state index is 13.3. The number of aromatic hydroxyl groups is 1. The second kappa shape index (κ2) is 13.0. The molecule has 0 heterocycles. The van der Waals surface area contributed by atoms with Crippen LogP contribution in [-0.2, 0) is 9.53 Å². The first kappa shape index (κ1) is 27.1. The van der Waals surface area contributed by atoms with Crippen LogP contribution in [0.2, 0.25) is 0 Å². The Balaban J connectivity index is 1.66. The van der Waals surface area contributed by atoms with E-state index in [9.17, 15) is 14.7 Å². The molecule has 4 aromatic rings.